The van der Waals surface area contributed by atoms with Crippen LogP contribution < -0.4 is 10.6 Å². The third kappa shape index (κ3) is 2.60. The van der Waals surface area contributed by atoms with E-state index < -0.39 is 0 Å². The highest BCUT2D eigenvalue weighted by atomic mass is 16.3. The molecule has 3 aliphatic rings. The summed E-state index contributed by atoms with van der Waals surface area (Å²) in [5.74, 6) is 1.52. The second-order valence-corrected chi connectivity index (χ2v) is 8.42. The minimum absolute atomic E-state index is 0.0182. The SMILES string of the molecule is CNC1CCC2C(NCC3CC3)Cc3ccc(O)c(O)c3C2(C)C1. The van der Waals surface area contributed by atoms with Gasteiger partial charge in [0.2, 0.25) is 0 Å². The van der Waals surface area contributed by atoms with Gasteiger partial charge in [0.25, 0.3) is 0 Å². The zero-order chi connectivity index (χ0) is 16.9. The first-order chi connectivity index (χ1) is 11.5. The molecule has 0 bridgehead atoms. The molecule has 4 heteroatoms. The van der Waals surface area contributed by atoms with Gasteiger partial charge in [0.05, 0.1) is 0 Å². The van der Waals surface area contributed by atoms with Gasteiger partial charge in [0.15, 0.2) is 11.5 Å². The Morgan fingerprint density at radius 1 is 1.17 bits per heavy atom. The van der Waals surface area contributed by atoms with Gasteiger partial charge in [-0.05, 0) is 75.6 Å². The molecule has 4 atom stereocenters. The molecular formula is C20H30N2O2. The summed E-state index contributed by atoms with van der Waals surface area (Å²) in [5.41, 5.74) is 2.11. The summed E-state index contributed by atoms with van der Waals surface area (Å²) in [6, 6.07) is 4.61. The second kappa shape index (κ2) is 5.92. The third-order valence-electron chi connectivity index (χ3n) is 6.83. The van der Waals surface area contributed by atoms with Gasteiger partial charge < -0.3 is 20.8 Å². The van der Waals surface area contributed by atoms with Crippen molar-refractivity contribution in [3.8, 4) is 11.5 Å². The van der Waals surface area contributed by atoms with Crippen molar-refractivity contribution in [1.29, 1.82) is 0 Å². The van der Waals surface area contributed by atoms with Gasteiger partial charge in [-0.3, -0.25) is 0 Å². The molecule has 0 aliphatic heterocycles. The lowest BCUT2D eigenvalue weighted by atomic mass is 9.55. The van der Waals surface area contributed by atoms with Crippen LogP contribution in [0.3, 0.4) is 0 Å². The van der Waals surface area contributed by atoms with E-state index in [0.29, 0.717) is 18.0 Å². The zero-order valence-corrected chi connectivity index (χ0v) is 14.8. The summed E-state index contributed by atoms with van der Waals surface area (Å²) in [6.07, 6.45) is 7.07. The van der Waals surface area contributed by atoms with Crippen molar-refractivity contribution in [2.45, 2.75) is 62.9 Å². The van der Waals surface area contributed by atoms with E-state index in [2.05, 4.69) is 17.6 Å². The number of phenolic OH excluding ortho intramolecular Hbond substituents is 2. The third-order valence-corrected chi connectivity index (χ3v) is 6.83. The van der Waals surface area contributed by atoms with Crippen molar-refractivity contribution in [2.75, 3.05) is 13.6 Å². The first-order valence-electron chi connectivity index (χ1n) is 9.48. The van der Waals surface area contributed by atoms with E-state index in [-0.39, 0.29) is 16.9 Å². The molecule has 0 amide bonds. The van der Waals surface area contributed by atoms with Gasteiger partial charge in [0.1, 0.15) is 0 Å². The number of fused-ring (bicyclic) bond motifs is 3. The van der Waals surface area contributed by atoms with Crippen LogP contribution in [-0.4, -0.2) is 35.9 Å². The van der Waals surface area contributed by atoms with Crippen molar-refractivity contribution in [3.63, 3.8) is 0 Å². The minimum atomic E-state index is -0.0937. The summed E-state index contributed by atoms with van der Waals surface area (Å²) >= 11 is 0. The van der Waals surface area contributed by atoms with Crippen LogP contribution in [0.5, 0.6) is 11.5 Å². The van der Waals surface area contributed by atoms with Gasteiger partial charge in [0, 0.05) is 23.1 Å². The Bertz CT molecular complexity index is 628. The molecule has 24 heavy (non-hydrogen) atoms. The second-order valence-electron chi connectivity index (χ2n) is 8.42. The van der Waals surface area contributed by atoms with Gasteiger partial charge in [-0.1, -0.05) is 13.0 Å². The molecule has 0 spiro atoms. The van der Waals surface area contributed by atoms with Crippen molar-refractivity contribution in [2.24, 2.45) is 11.8 Å². The largest absolute Gasteiger partial charge is 0.504 e. The minimum Gasteiger partial charge on any atom is -0.504 e. The van der Waals surface area contributed by atoms with E-state index in [1.807, 2.05) is 13.1 Å². The predicted octanol–water partition coefficient (Wildman–Crippen LogP) is 2.67. The molecule has 4 rings (SSSR count). The number of aromatic hydroxyl groups is 2. The first-order valence-corrected chi connectivity index (χ1v) is 9.48. The lowest BCUT2D eigenvalue weighted by Crippen LogP contribution is -2.56. The Labute approximate surface area is 144 Å². The summed E-state index contributed by atoms with van der Waals surface area (Å²) in [5, 5.41) is 28.0. The molecule has 4 nitrogen and oxygen atoms in total. The van der Waals surface area contributed by atoms with Crippen LogP contribution in [-0.2, 0) is 11.8 Å². The van der Waals surface area contributed by atoms with Crippen LogP contribution in [0.15, 0.2) is 12.1 Å². The molecule has 2 saturated carbocycles. The zero-order valence-electron chi connectivity index (χ0n) is 14.8. The van der Waals surface area contributed by atoms with Gasteiger partial charge in [-0.15, -0.1) is 0 Å². The maximum absolute atomic E-state index is 10.6. The van der Waals surface area contributed by atoms with Gasteiger partial charge in [-0.25, -0.2) is 0 Å². The fraction of sp³-hybridized carbons (Fsp3) is 0.700. The predicted molar refractivity (Wildman–Crippen MR) is 95.5 cm³/mol. The monoisotopic (exact) mass is 330 g/mol. The molecule has 0 saturated heterocycles. The molecular weight excluding hydrogens is 300 g/mol. The fourth-order valence-electron chi connectivity index (χ4n) is 5.31. The van der Waals surface area contributed by atoms with Crippen LogP contribution in [0, 0.1) is 11.8 Å². The Hall–Kier alpha value is -1.26. The Kier molecular flexibility index (Phi) is 4.00. The van der Waals surface area contributed by atoms with Crippen molar-refractivity contribution in [1.82, 2.24) is 10.6 Å². The van der Waals surface area contributed by atoms with Gasteiger partial charge in [-0.2, -0.15) is 0 Å². The number of rotatable bonds is 4. The molecule has 2 fully saturated rings. The van der Waals surface area contributed by atoms with Crippen molar-refractivity contribution in [3.05, 3.63) is 23.3 Å². The van der Waals surface area contributed by atoms with E-state index in [4.69, 9.17) is 0 Å². The number of phenols is 2. The standard InChI is InChI=1S/C20H30N2O2/c1-20-10-14(21-2)6-7-15(20)16(22-11-12-3-4-12)9-13-5-8-17(23)19(24)18(13)20/h5,8,12,14-16,21-24H,3-4,6-7,9-11H2,1-2H3. The maximum atomic E-state index is 10.6. The normalized spacial score (nSPS) is 35.3. The Morgan fingerprint density at radius 2 is 1.96 bits per heavy atom. The molecule has 1 aromatic carbocycles. The lowest BCUT2D eigenvalue weighted by molar-refractivity contribution is 0.113. The topological polar surface area (TPSA) is 64.5 Å². The Balaban J connectivity index is 1.72. The highest BCUT2D eigenvalue weighted by molar-refractivity contribution is 5.55. The quantitative estimate of drug-likeness (QED) is 0.641. The van der Waals surface area contributed by atoms with E-state index in [0.717, 1.165) is 30.9 Å². The summed E-state index contributed by atoms with van der Waals surface area (Å²) in [6.45, 7) is 3.43. The first kappa shape index (κ1) is 16.2. The molecule has 0 heterocycles. The smallest absolute Gasteiger partial charge is 0.161 e. The van der Waals surface area contributed by atoms with Crippen molar-refractivity contribution >= 4 is 0 Å². The van der Waals surface area contributed by atoms with Crippen LogP contribution in [0.1, 0.15) is 50.2 Å². The molecule has 0 aromatic heterocycles. The summed E-state index contributed by atoms with van der Waals surface area (Å²) in [4.78, 5) is 0. The van der Waals surface area contributed by atoms with E-state index in [1.54, 1.807) is 6.07 Å². The molecule has 4 unspecified atom stereocenters. The van der Waals surface area contributed by atoms with E-state index in [9.17, 15) is 10.2 Å². The maximum Gasteiger partial charge on any atom is 0.161 e. The number of hydrogen-bond donors (Lipinski definition) is 4. The van der Waals surface area contributed by atoms with Gasteiger partial charge >= 0.3 is 0 Å². The Morgan fingerprint density at radius 3 is 2.67 bits per heavy atom. The lowest BCUT2D eigenvalue weighted by Gasteiger charge is -2.52. The number of benzene rings is 1. The fourth-order valence-corrected chi connectivity index (χ4v) is 5.31. The molecule has 1 aromatic rings. The molecule has 4 N–H and O–H groups in total. The van der Waals surface area contributed by atoms with Crippen LogP contribution in [0.4, 0.5) is 0 Å². The average molecular weight is 330 g/mol. The summed E-state index contributed by atoms with van der Waals surface area (Å²) in [7, 11) is 2.03. The molecule has 0 radical (unpaired) electrons. The molecule has 132 valence electrons. The van der Waals surface area contributed by atoms with Crippen molar-refractivity contribution < 1.29 is 10.2 Å². The van der Waals surface area contributed by atoms with Crippen LogP contribution in [0.25, 0.3) is 0 Å². The highest BCUT2D eigenvalue weighted by Gasteiger charge is 2.50. The molecule has 3 aliphatic carbocycles. The number of nitrogens with one attached hydrogen (secondary N) is 2. The van der Waals surface area contributed by atoms with E-state index in [1.165, 1.54) is 31.2 Å². The average Bonchev–Trinajstić information content (AvgIpc) is 3.39. The highest BCUT2D eigenvalue weighted by Crippen LogP contribution is 2.54. The van der Waals surface area contributed by atoms with Crippen LogP contribution >= 0.6 is 0 Å². The van der Waals surface area contributed by atoms with E-state index >= 15 is 0 Å². The summed E-state index contributed by atoms with van der Waals surface area (Å²) < 4.78 is 0. The number of hydrogen-bond acceptors (Lipinski definition) is 4. The van der Waals surface area contributed by atoms with Crippen LogP contribution in [0.2, 0.25) is 0 Å².